The van der Waals surface area contributed by atoms with Gasteiger partial charge in [-0.2, -0.15) is 0 Å². The third kappa shape index (κ3) is 4.88. The first kappa shape index (κ1) is 15.0. The van der Waals surface area contributed by atoms with Crippen molar-refractivity contribution in [2.45, 2.75) is 11.6 Å². The number of nitro groups is 1. The van der Waals surface area contributed by atoms with Crippen LogP contribution in [0, 0.1) is 10.1 Å². The summed E-state index contributed by atoms with van der Waals surface area (Å²) < 4.78 is 0. The van der Waals surface area contributed by atoms with E-state index in [-0.39, 0.29) is 17.3 Å². The Kier molecular flexibility index (Phi) is 5.28. The van der Waals surface area contributed by atoms with Gasteiger partial charge in [0.05, 0.1) is 15.7 Å². The van der Waals surface area contributed by atoms with Gasteiger partial charge < -0.3 is 5.32 Å². The van der Waals surface area contributed by atoms with Gasteiger partial charge in [0.25, 0.3) is 5.69 Å². The number of pyridine rings is 1. The molecule has 1 aromatic carbocycles. The van der Waals surface area contributed by atoms with Crippen molar-refractivity contribution < 1.29 is 9.72 Å². The molecule has 1 heterocycles. The van der Waals surface area contributed by atoms with Gasteiger partial charge in [-0.3, -0.25) is 14.9 Å². The lowest BCUT2D eigenvalue weighted by Gasteiger charge is -2.04. The molecule has 0 aliphatic rings. The van der Waals surface area contributed by atoms with Crippen LogP contribution in [0.2, 0.25) is 0 Å². The van der Waals surface area contributed by atoms with E-state index in [0.717, 1.165) is 5.56 Å². The zero-order valence-electron chi connectivity index (χ0n) is 11.1. The third-order valence-corrected chi connectivity index (χ3v) is 3.56. The second kappa shape index (κ2) is 7.39. The molecule has 0 unspecified atom stereocenters. The Morgan fingerprint density at radius 1 is 1.24 bits per heavy atom. The summed E-state index contributed by atoms with van der Waals surface area (Å²) in [5.41, 5.74) is 0.970. The lowest BCUT2D eigenvalue weighted by atomic mass is 10.2. The fourth-order valence-corrected chi connectivity index (χ4v) is 2.23. The minimum Gasteiger partial charge on any atom is -0.351 e. The highest BCUT2D eigenvalue weighted by atomic mass is 32.2. The monoisotopic (exact) mass is 303 g/mol. The number of nitrogens with one attached hydrogen (secondary N) is 1. The quantitative estimate of drug-likeness (QED) is 0.503. The van der Waals surface area contributed by atoms with Crippen molar-refractivity contribution in [1.29, 1.82) is 0 Å². The number of hydrogen-bond acceptors (Lipinski definition) is 5. The third-order valence-electron chi connectivity index (χ3n) is 2.62. The Hall–Kier alpha value is -2.41. The molecule has 0 fully saturated rings. The number of nitrogens with zero attached hydrogens (tertiary/aromatic N) is 2. The van der Waals surface area contributed by atoms with Crippen LogP contribution in [-0.4, -0.2) is 21.6 Å². The molecule has 2 rings (SSSR count). The van der Waals surface area contributed by atoms with Gasteiger partial charge in [-0.05, 0) is 11.6 Å². The first-order chi connectivity index (χ1) is 10.1. The van der Waals surface area contributed by atoms with Gasteiger partial charge in [-0.15, -0.1) is 0 Å². The number of benzene rings is 1. The van der Waals surface area contributed by atoms with Gasteiger partial charge in [0.15, 0.2) is 0 Å². The zero-order valence-corrected chi connectivity index (χ0v) is 11.9. The molecule has 0 saturated heterocycles. The van der Waals surface area contributed by atoms with E-state index in [4.69, 9.17) is 0 Å². The second-order valence-corrected chi connectivity index (χ2v) is 5.16. The van der Waals surface area contributed by atoms with Gasteiger partial charge >= 0.3 is 0 Å². The average Bonchev–Trinajstić information content (AvgIpc) is 2.52. The van der Waals surface area contributed by atoms with Crippen LogP contribution < -0.4 is 5.32 Å². The molecule has 0 radical (unpaired) electrons. The minimum absolute atomic E-state index is 0.0621. The molecule has 0 saturated carbocycles. The number of thioether (sulfide) groups is 1. The Labute approximate surface area is 125 Å². The topological polar surface area (TPSA) is 85.1 Å². The molecule has 1 aromatic heterocycles. The maximum absolute atomic E-state index is 11.7. The Balaban J connectivity index is 1.77. The molecule has 2 aromatic rings. The van der Waals surface area contributed by atoms with Crippen LogP contribution in [0.25, 0.3) is 0 Å². The van der Waals surface area contributed by atoms with E-state index in [0.29, 0.717) is 11.6 Å². The van der Waals surface area contributed by atoms with E-state index in [2.05, 4.69) is 10.3 Å². The van der Waals surface area contributed by atoms with E-state index < -0.39 is 4.92 Å². The molecule has 0 aliphatic carbocycles. The molecular weight excluding hydrogens is 290 g/mol. The van der Waals surface area contributed by atoms with Gasteiger partial charge in [0.2, 0.25) is 5.91 Å². The molecule has 0 spiro atoms. The normalized spacial score (nSPS) is 10.1. The van der Waals surface area contributed by atoms with Crippen LogP contribution in [0.5, 0.6) is 0 Å². The molecule has 1 N–H and O–H groups in total. The molecule has 0 bridgehead atoms. The highest BCUT2D eigenvalue weighted by Gasteiger charge is 2.07. The Bertz CT molecular complexity index is 617. The summed E-state index contributed by atoms with van der Waals surface area (Å²) in [6.45, 7) is 0.480. The Morgan fingerprint density at radius 2 is 2.00 bits per heavy atom. The van der Waals surface area contributed by atoms with Gasteiger partial charge in [-0.25, -0.2) is 4.98 Å². The fourth-order valence-electron chi connectivity index (χ4n) is 1.55. The minimum atomic E-state index is -0.506. The SMILES string of the molecule is O=C(CSc1ccc([N+](=O)[O-])cn1)NCc1ccccc1. The van der Waals surface area contributed by atoms with Crippen molar-refractivity contribution in [1.82, 2.24) is 10.3 Å². The average molecular weight is 303 g/mol. The molecule has 0 aliphatic heterocycles. The van der Waals surface area contributed by atoms with Crippen LogP contribution in [0.4, 0.5) is 5.69 Å². The van der Waals surface area contributed by atoms with E-state index in [9.17, 15) is 14.9 Å². The predicted octanol–water partition coefficient (Wildman–Crippen LogP) is 2.40. The molecule has 21 heavy (non-hydrogen) atoms. The number of hydrogen-bond donors (Lipinski definition) is 1. The van der Waals surface area contributed by atoms with E-state index in [1.807, 2.05) is 30.3 Å². The molecule has 0 atom stereocenters. The van der Waals surface area contributed by atoms with Crippen LogP contribution in [0.1, 0.15) is 5.56 Å². The van der Waals surface area contributed by atoms with Crippen molar-refractivity contribution >= 4 is 23.4 Å². The maximum atomic E-state index is 11.7. The van der Waals surface area contributed by atoms with E-state index in [1.165, 1.54) is 30.1 Å². The molecule has 108 valence electrons. The number of rotatable bonds is 6. The number of carbonyl (C=O) groups is 1. The molecule has 1 amide bonds. The highest BCUT2D eigenvalue weighted by Crippen LogP contribution is 2.17. The van der Waals surface area contributed by atoms with Crippen molar-refractivity contribution in [2.24, 2.45) is 0 Å². The molecule has 6 nitrogen and oxygen atoms in total. The van der Waals surface area contributed by atoms with Crippen LogP contribution in [-0.2, 0) is 11.3 Å². The summed E-state index contributed by atoms with van der Waals surface area (Å²) in [5.74, 6) is 0.112. The standard InChI is InChI=1S/C14H13N3O3S/c18-13(15-8-11-4-2-1-3-5-11)10-21-14-7-6-12(9-16-14)17(19)20/h1-7,9H,8,10H2,(H,15,18). The number of aromatic nitrogens is 1. The maximum Gasteiger partial charge on any atom is 0.287 e. The van der Waals surface area contributed by atoms with Crippen LogP contribution in [0.3, 0.4) is 0 Å². The van der Waals surface area contributed by atoms with Crippen molar-refractivity contribution in [2.75, 3.05) is 5.75 Å². The zero-order chi connectivity index (χ0) is 15.1. The lowest BCUT2D eigenvalue weighted by Crippen LogP contribution is -2.24. The fraction of sp³-hybridized carbons (Fsp3) is 0.143. The lowest BCUT2D eigenvalue weighted by molar-refractivity contribution is -0.385. The molecule has 7 heteroatoms. The first-order valence-corrected chi connectivity index (χ1v) is 7.17. The summed E-state index contributed by atoms with van der Waals surface area (Å²) in [7, 11) is 0. The number of amides is 1. The van der Waals surface area contributed by atoms with Gasteiger partial charge in [0.1, 0.15) is 6.20 Å². The van der Waals surface area contributed by atoms with E-state index >= 15 is 0 Å². The van der Waals surface area contributed by atoms with Crippen molar-refractivity contribution in [3.8, 4) is 0 Å². The second-order valence-electron chi connectivity index (χ2n) is 4.16. The highest BCUT2D eigenvalue weighted by molar-refractivity contribution is 7.99. The van der Waals surface area contributed by atoms with Gasteiger partial charge in [-0.1, -0.05) is 42.1 Å². The first-order valence-electron chi connectivity index (χ1n) is 6.19. The predicted molar refractivity (Wildman–Crippen MR) is 79.9 cm³/mol. The number of carbonyl (C=O) groups excluding carboxylic acids is 1. The summed E-state index contributed by atoms with van der Waals surface area (Å²) in [6, 6.07) is 12.5. The van der Waals surface area contributed by atoms with Crippen LogP contribution in [0.15, 0.2) is 53.7 Å². The summed E-state index contributed by atoms with van der Waals surface area (Å²) >= 11 is 1.24. The largest absolute Gasteiger partial charge is 0.351 e. The summed E-state index contributed by atoms with van der Waals surface area (Å²) in [6.07, 6.45) is 1.18. The van der Waals surface area contributed by atoms with Crippen molar-refractivity contribution in [3.05, 3.63) is 64.3 Å². The van der Waals surface area contributed by atoms with E-state index in [1.54, 1.807) is 0 Å². The van der Waals surface area contributed by atoms with Crippen LogP contribution >= 0.6 is 11.8 Å². The summed E-state index contributed by atoms with van der Waals surface area (Å²) in [4.78, 5) is 25.6. The van der Waals surface area contributed by atoms with Crippen molar-refractivity contribution in [3.63, 3.8) is 0 Å². The van der Waals surface area contributed by atoms with Gasteiger partial charge in [0, 0.05) is 12.6 Å². The Morgan fingerprint density at radius 3 is 2.62 bits per heavy atom. The molecular formula is C14H13N3O3S. The smallest absolute Gasteiger partial charge is 0.287 e. The summed E-state index contributed by atoms with van der Waals surface area (Å²) in [5, 5.41) is 13.9.